The Morgan fingerprint density at radius 2 is 1.87 bits per heavy atom. The lowest BCUT2D eigenvalue weighted by atomic mass is 9.75. The van der Waals surface area contributed by atoms with Crippen LogP contribution in [0.15, 0.2) is 30.6 Å². The molecule has 0 saturated carbocycles. The quantitative estimate of drug-likeness (QED) is 0.427. The zero-order valence-corrected chi connectivity index (χ0v) is 25.7. The summed E-state index contributed by atoms with van der Waals surface area (Å²) < 4.78 is 51.2. The van der Waals surface area contributed by atoms with Gasteiger partial charge in [0.25, 0.3) is 5.91 Å². The number of aromatic nitrogens is 4. The Hall–Kier alpha value is -3.55. The van der Waals surface area contributed by atoms with Gasteiger partial charge in [-0.3, -0.25) is 14.6 Å². The van der Waals surface area contributed by atoms with E-state index >= 15 is 0 Å². The van der Waals surface area contributed by atoms with E-state index in [9.17, 15) is 18.0 Å². The molecule has 240 valence electrons. The molecule has 13 heteroatoms. The van der Waals surface area contributed by atoms with E-state index < -0.39 is 23.1 Å². The number of piperidine rings is 1. The minimum atomic E-state index is -4.59. The maximum atomic E-state index is 14.5. The molecule has 10 nitrogen and oxygen atoms in total. The number of alkyl halides is 3. The van der Waals surface area contributed by atoms with Crippen molar-refractivity contribution in [2.75, 3.05) is 62.3 Å². The number of carbonyl (C=O) groups is 1. The molecule has 0 aliphatic carbocycles. The number of rotatable bonds is 7. The first-order valence-electron chi connectivity index (χ1n) is 15.8. The first-order valence-corrected chi connectivity index (χ1v) is 15.8. The number of nitrogens with zero attached hydrogens (tertiary/aromatic N) is 7. The summed E-state index contributed by atoms with van der Waals surface area (Å²) in [6.07, 6.45) is -0.221. The van der Waals surface area contributed by atoms with Crippen LogP contribution >= 0.6 is 0 Å². The van der Waals surface area contributed by atoms with Gasteiger partial charge in [-0.25, -0.2) is 4.98 Å². The Labute approximate surface area is 260 Å². The van der Waals surface area contributed by atoms with Crippen LogP contribution in [0.25, 0.3) is 0 Å². The summed E-state index contributed by atoms with van der Waals surface area (Å²) in [6.45, 7) is 7.99. The van der Waals surface area contributed by atoms with Crippen molar-refractivity contribution in [1.82, 2.24) is 30.0 Å². The largest absolute Gasteiger partial charge is 0.416 e. The number of piperazine rings is 1. The fraction of sp³-hybridized carbons (Fsp3) is 0.562. The van der Waals surface area contributed by atoms with Crippen LogP contribution in [0.3, 0.4) is 0 Å². The molecule has 4 aliphatic rings. The molecule has 0 bridgehead atoms. The maximum Gasteiger partial charge on any atom is 0.416 e. The molecule has 0 spiro atoms. The van der Waals surface area contributed by atoms with Gasteiger partial charge in [0.2, 0.25) is 0 Å². The van der Waals surface area contributed by atoms with E-state index in [1.54, 1.807) is 12.4 Å². The predicted molar refractivity (Wildman–Crippen MR) is 162 cm³/mol. The third kappa shape index (κ3) is 5.81. The summed E-state index contributed by atoms with van der Waals surface area (Å²) in [7, 11) is 1.89. The van der Waals surface area contributed by atoms with Crippen LogP contribution in [0.4, 0.5) is 24.8 Å². The summed E-state index contributed by atoms with van der Waals surface area (Å²) in [5, 5.41) is 11.7. The third-order valence-corrected chi connectivity index (χ3v) is 9.74. The topological polar surface area (TPSA) is 91.7 Å². The molecule has 1 N–H and O–H groups in total. The number of nitrogens with one attached hydrogen (secondary N) is 1. The molecular weight excluding hydrogens is 585 g/mol. The maximum absolute atomic E-state index is 14.5. The van der Waals surface area contributed by atoms with Gasteiger partial charge in [-0.15, -0.1) is 10.2 Å². The molecule has 3 fully saturated rings. The Balaban J connectivity index is 1.27. The van der Waals surface area contributed by atoms with Crippen LogP contribution in [0.1, 0.15) is 58.2 Å². The van der Waals surface area contributed by atoms with Crippen molar-refractivity contribution in [3.63, 3.8) is 0 Å². The molecule has 4 aliphatic heterocycles. The van der Waals surface area contributed by atoms with Crippen molar-refractivity contribution in [3.8, 4) is 0 Å². The van der Waals surface area contributed by atoms with Crippen molar-refractivity contribution in [2.45, 2.75) is 50.9 Å². The minimum Gasteiger partial charge on any atom is -0.379 e. The molecule has 1 atom stereocenters. The number of ether oxygens (including phenoxy) is 1. The molecule has 1 amide bonds. The van der Waals surface area contributed by atoms with Crippen LogP contribution in [-0.2, 0) is 42.9 Å². The Morgan fingerprint density at radius 3 is 2.53 bits per heavy atom. The van der Waals surface area contributed by atoms with Crippen LogP contribution in [0.2, 0.25) is 0 Å². The second-order valence-corrected chi connectivity index (χ2v) is 13.2. The molecule has 2 aromatic heterocycles. The highest BCUT2D eigenvalue weighted by molar-refractivity contribution is 6.10. The van der Waals surface area contributed by atoms with Gasteiger partial charge in [0, 0.05) is 63.7 Å². The number of anilines is 2. The first-order chi connectivity index (χ1) is 21.6. The van der Waals surface area contributed by atoms with Gasteiger partial charge < -0.3 is 19.5 Å². The van der Waals surface area contributed by atoms with Crippen LogP contribution in [0.5, 0.6) is 0 Å². The van der Waals surface area contributed by atoms with Gasteiger partial charge in [0.1, 0.15) is 23.8 Å². The number of amides is 1. The zero-order valence-electron chi connectivity index (χ0n) is 25.7. The molecule has 0 radical (unpaired) electrons. The predicted octanol–water partition coefficient (Wildman–Crippen LogP) is 3.54. The van der Waals surface area contributed by atoms with Crippen molar-refractivity contribution in [2.24, 2.45) is 13.0 Å². The third-order valence-electron chi connectivity index (χ3n) is 9.74. The smallest absolute Gasteiger partial charge is 0.379 e. The summed E-state index contributed by atoms with van der Waals surface area (Å²) in [5.74, 6) is 1.90. The Kier molecular flexibility index (Phi) is 7.81. The van der Waals surface area contributed by atoms with Gasteiger partial charge in [-0.2, -0.15) is 13.2 Å². The average Bonchev–Trinajstić information content (AvgIpc) is 3.56. The highest BCUT2D eigenvalue weighted by atomic mass is 19.4. The van der Waals surface area contributed by atoms with E-state index in [-0.39, 0.29) is 17.7 Å². The van der Waals surface area contributed by atoms with Crippen molar-refractivity contribution in [1.29, 1.82) is 0 Å². The Bertz CT molecular complexity index is 1580. The second-order valence-electron chi connectivity index (χ2n) is 13.2. The van der Waals surface area contributed by atoms with Gasteiger partial charge in [0.15, 0.2) is 0 Å². The number of carbonyl (C=O) groups excluding carboxylic acids is 1. The standard InChI is InChI=1S/C32H39F3N8O2/c1-21-4-3-7-41(15-21)16-22-10-24-25(26(11-22)32(33,34)35)17-43(30(24)44)28-13-23(12-27(38-28)42-8-5-36-6-9-42)31(18-45-19-31)14-29-39-37-20-40(29)2/h10-13,20-21,36H,3-9,14-19H2,1-2H3. The first kappa shape index (κ1) is 30.1. The number of hydrogen-bond acceptors (Lipinski definition) is 8. The van der Waals surface area contributed by atoms with E-state index in [0.29, 0.717) is 49.3 Å². The summed E-state index contributed by atoms with van der Waals surface area (Å²) in [5.41, 5.74) is 0.409. The van der Waals surface area contributed by atoms with Crippen molar-refractivity contribution < 1.29 is 22.7 Å². The molecule has 45 heavy (non-hydrogen) atoms. The lowest BCUT2D eigenvalue weighted by Crippen LogP contribution is -2.49. The fourth-order valence-corrected chi connectivity index (χ4v) is 7.18. The van der Waals surface area contributed by atoms with E-state index in [1.165, 1.54) is 11.0 Å². The summed E-state index contributed by atoms with van der Waals surface area (Å²) in [4.78, 5) is 24.7. The van der Waals surface area contributed by atoms with Crippen molar-refractivity contribution >= 4 is 17.5 Å². The molecule has 1 unspecified atom stereocenters. The molecule has 1 aromatic carbocycles. The number of aryl methyl sites for hydroxylation is 1. The van der Waals surface area contributed by atoms with Gasteiger partial charge in [-0.05, 0) is 66.3 Å². The van der Waals surface area contributed by atoms with E-state index in [0.717, 1.165) is 63.5 Å². The number of likely N-dealkylation sites (tertiary alicyclic amines) is 1. The van der Waals surface area contributed by atoms with Crippen molar-refractivity contribution in [3.05, 3.63) is 64.2 Å². The number of benzene rings is 1. The summed E-state index contributed by atoms with van der Waals surface area (Å²) >= 11 is 0. The van der Waals surface area contributed by atoms with E-state index in [4.69, 9.17) is 9.72 Å². The minimum absolute atomic E-state index is 0.0139. The highest BCUT2D eigenvalue weighted by Gasteiger charge is 2.44. The normalized spacial score (nSPS) is 22.1. The number of hydrogen-bond donors (Lipinski definition) is 1. The zero-order chi connectivity index (χ0) is 31.3. The highest BCUT2D eigenvalue weighted by Crippen LogP contribution is 2.42. The molecule has 6 heterocycles. The average molecular weight is 625 g/mol. The van der Waals surface area contributed by atoms with Crippen LogP contribution < -0.4 is 15.1 Å². The SMILES string of the molecule is CC1CCCN(Cc2cc3c(c(C(F)(F)F)c2)CN(c2cc(C4(Cc5nncn5C)COC4)cc(N4CCNCC4)n2)C3=O)C1. The molecule has 7 rings (SSSR count). The summed E-state index contributed by atoms with van der Waals surface area (Å²) in [6, 6.07) is 6.81. The lowest BCUT2D eigenvalue weighted by molar-refractivity contribution is -0.138. The molecule has 3 aromatic rings. The molecular formula is C32H39F3N8O2. The van der Waals surface area contributed by atoms with E-state index in [2.05, 4.69) is 32.2 Å². The van der Waals surface area contributed by atoms with Crippen LogP contribution in [0, 0.1) is 5.92 Å². The monoisotopic (exact) mass is 624 g/mol. The lowest BCUT2D eigenvalue weighted by Gasteiger charge is -2.42. The van der Waals surface area contributed by atoms with Gasteiger partial charge in [-0.1, -0.05) is 6.92 Å². The number of pyridine rings is 1. The fourth-order valence-electron chi connectivity index (χ4n) is 7.18. The number of halogens is 3. The molecule has 3 saturated heterocycles. The van der Waals surface area contributed by atoms with Crippen LogP contribution in [-0.4, -0.2) is 83.0 Å². The van der Waals surface area contributed by atoms with E-state index in [1.807, 2.05) is 23.7 Å². The number of fused-ring (bicyclic) bond motifs is 1. The van der Waals surface area contributed by atoms with Gasteiger partial charge in [0.05, 0.1) is 25.3 Å². The second kappa shape index (κ2) is 11.7. The van der Waals surface area contributed by atoms with Gasteiger partial charge >= 0.3 is 6.18 Å². The Morgan fingerprint density at radius 1 is 1.09 bits per heavy atom.